The lowest BCUT2D eigenvalue weighted by Crippen LogP contribution is -2.20. The summed E-state index contributed by atoms with van der Waals surface area (Å²) < 4.78 is 0. The van der Waals surface area contributed by atoms with Crippen molar-refractivity contribution >= 4 is 29.4 Å². The monoisotopic (exact) mass is 355 g/mol. The Kier molecular flexibility index (Phi) is 6.38. The van der Waals surface area contributed by atoms with Gasteiger partial charge in [-0.2, -0.15) is 5.10 Å². The van der Waals surface area contributed by atoms with E-state index in [1.165, 1.54) is 0 Å². The van der Waals surface area contributed by atoms with Gasteiger partial charge in [-0.15, -0.1) is 0 Å². The van der Waals surface area contributed by atoms with Crippen LogP contribution in [0.3, 0.4) is 0 Å². The van der Waals surface area contributed by atoms with Gasteiger partial charge in [0.25, 0.3) is 5.69 Å². The molecule has 9 heteroatoms. The molecule has 0 aliphatic rings. The largest absolute Gasteiger partial charge is 0.872 e. The Bertz CT molecular complexity index is 836. The number of hydrogen-bond acceptors (Lipinski definition) is 6. The highest BCUT2D eigenvalue weighted by Gasteiger charge is 2.07. The summed E-state index contributed by atoms with van der Waals surface area (Å²) in [5.74, 6) is -1.31. The second-order valence-electron chi connectivity index (χ2n) is 5.19. The zero-order valence-electron chi connectivity index (χ0n) is 13.5. The Morgan fingerprint density at radius 1 is 1.08 bits per heavy atom. The molecule has 0 aliphatic carbocycles. The number of nitrogens with zero attached hydrogens (tertiary/aromatic N) is 2. The number of amides is 2. The number of nitro benzene ring substituents is 1. The molecule has 0 saturated carbocycles. The molecule has 0 saturated heterocycles. The third-order valence-corrected chi connectivity index (χ3v) is 3.23. The summed E-state index contributed by atoms with van der Waals surface area (Å²) in [6, 6.07) is 12.0. The molecule has 0 radical (unpaired) electrons. The van der Waals surface area contributed by atoms with E-state index in [0.29, 0.717) is 5.69 Å². The van der Waals surface area contributed by atoms with E-state index in [1.54, 1.807) is 24.3 Å². The molecule has 2 aromatic carbocycles. The second kappa shape index (κ2) is 8.92. The molecule has 0 aliphatic heterocycles. The maximum Gasteiger partial charge on any atom is 0.270 e. The summed E-state index contributed by atoms with van der Waals surface area (Å²) in [4.78, 5) is 33.4. The van der Waals surface area contributed by atoms with Crippen molar-refractivity contribution in [3.63, 3.8) is 0 Å². The number of para-hydroxylation sites is 1. The molecule has 0 aromatic heterocycles. The maximum atomic E-state index is 11.7. The van der Waals surface area contributed by atoms with Crippen LogP contribution in [0.15, 0.2) is 53.6 Å². The van der Waals surface area contributed by atoms with Gasteiger partial charge in [-0.05, 0) is 17.7 Å². The van der Waals surface area contributed by atoms with Crippen LogP contribution in [0.5, 0.6) is 5.75 Å². The fourth-order valence-electron chi connectivity index (χ4n) is 1.95. The molecule has 0 atom stereocenters. The molecule has 2 rings (SSSR count). The molecule has 0 spiro atoms. The smallest absolute Gasteiger partial charge is 0.270 e. The molecule has 0 fully saturated rings. The number of rotatable bonds is 7. The fraction of sp³-hybridized carbons (Fsp3) is 0.118. The summed E-state index contributed by atoms with van der Waals surface area (Å²) in [5, 5.41) is 28.5. The molecule has 2 aromatic rings. The Labute approximate surface area is 148 Å². The van der Waals surface area contributed by atoms with Crippen molar-refractivity contribution in [3.05, 3.63) is 64.2 Å². The predicted molar refractivity (Wildman–Crippen MR) is 92.6 cm³/mol. The fourth-order valence-corrected chi connectivity index (χ4v) is 1.95. The standard InChI is InChI=1S/C17H16N4O5/c22-15-7-6-14(21(25)26)10-12(15)11-18-20-17(24)9-8-16(23)19-13-4-2-1-3-5-13/h1-7,10-11,22H,8-9H2,(H,19,23)(H,20,24)/p-1/b18-11-. The van der Waals surface area contributed by atoms with Gasteiger partial charge < -0.3 is 10.4 Å². The number of nitro groups is 1. The van der Waals surface area contributed by atoms with Crippen molar-refractivity contribution in [1.82, 2.24) is 5.43 Å². The van der Waals surface area contributed by atoms with Crippen molar-refractivity contribution in [3.8, 4) is 5.75 Å². The van der Waals surface area contributed by atoms with Crippen molar-refractivity contribution in [2.75, 3.05) is 5.32 Å². The number of anilines is 1. The van der Waals surface area contributed by atoms with Crippen LogP contribution in [0.25, 0.3) is 0 Å². The van der Waals surface area contributed by atoms with Gasteiger partial charge in [0.1, 0.15) is 0 Å². The van der Waals surface area contributed by atoms with Crippen LogP contribution in [0.4, 0.5) is 11.4 Å². The van der Waals surface area contributed by atoms with E-state index in [-0.39, 0.29) is 30.0 Å². The zero-order chi connectivity index (χ0) is 18.9. The predicted octanol–water partition coefficient (Wildman–Crippen LogP) is 1.54. The Balaban J connectivity index is 1.81. The van der Waals surface area contributed by atoms with E-state index in [2.05, 4.69) is 15.8 Å². The first kappa shape index (κ1) is 18.6. The Hall–Kier alpha value is -3.75. The van der Waals surface area contributed by atoms with Crippen LogP contribution >= 0.6 is 0 Å². The number of carbonyl (C=O) groups is 2. The van der Waals surface area contributed by atoms with Crippen LogP contribution in [-0.4, -0.2) is 23.0 Å². The molecule has 9 nitrogen and oxygen atoms in total. The van der Waals surface area contributed by atoms with Crippen molar-refractivity contribution in [2.45, 2.75) is 12.8 Å². The number of hydrazone groups is 1. The van der Waals surface area contributed by atoms with E-state index in [0.717, 1.165) is 24.4 Å². The molecular formula is C17H15N4O5-. The molecule has 134 valence electrons. The number of carbonyl (C=O) groups excluding carboxylic acids is 2. The molecule has 2 N–H and O–H groups in total. The summed E-state index contributed by atoms with van der Waals surface area (Å²) in [6.07, 6.45) is 0.881. The lowest BCUT2D eigenvalue weighted by Gasteiger charge is -2.08. The van der Waals surface area contributed by atoms with E-state index >= 15 is 0 Å². The van der Waals surface area contributed by atoms with Crippen molar-refractivity contribution in [1.29, 1.82) is 0 Å². The van der Waals surface area contributed by atoms with Gasteiger partial charge in [0.15, 0.2) is 0 Å². The molecule has 0 bridgehead atoms. The minimum absolute atomic E-state index is 0.0266. The lowest BCUT2D eigenvalue weighted by atomic mass is 10.2. The first-order valence-electron chi connectivity index (χ1n) is 7.58. The third-order valence-electron chi connectivity index (χ3n) is 3.23. The highest BCUT2D eigenvalue weighted by molar-refractivity contribution is 5.93. The first-order chi connectivity index (χ1) is 12.5. The number of nitrogens with one attached hydrogen (secondary N) is 2. The summed E-state index contributed by atoms with van der Waals surface area (Å²) in [5.41, 5.74) is 2.52. The number of benzene rings is 2. The van der Waals surface area contributed by atoms with Crippen molar-refractivity contribution in [2.24, 2.45) is 5.10 Å². The van der Waals surface area contributed by atoms with E-state index < -0.39 is 16.6 Å². The lowest BCUT2D eigenvalue weighted by molar-refractivity contribution is -0.385. The zero-order valence-corrected chi connectivity index (χ0v) is 13.5. The average Bonchev–Trinajstić information content (AvgIpc) is 2.62. The van der Waals surface area contributed by atoms with Gasteiger partial charge >= 0.3 is 0 Å². The minimum atomic E-state index is -0.638. The molecule has 2 amide bonds. The number of hydrogen-bond donors (Lipinski definition) is 2. The van der Waals surface area contributed by atoms with Crippen LogP contribution in [0.2, 0.25) is 0 Å². The highest BCUT2D eigenvalue weighted by Crippen LogP contribution is 2.18. The summed E-state index contributed by atoms with van der Waals surface area (Å²) in [7, 11) is 0. The van der Waals surface area contributed by atoms with E-state index in [1.807, 2.05) is 6.07 Å². The van der Waals surface area contributed by atoms with Crippen LogP contribution < -0.4 is 15.8 Å². The van der Waals surface area contributed by atoms with Gasteiger partial charge in [0.05, 0.1) is 11.1 Å². The molecular weight excluding hydrogens is 340 g/mol. The topological polar surface area (TPSA) is 137 Å². The van der Waals surface area contributed by atoms with Crippen LogP contribution in [0, 0.1) is 10.1 Å². The van der Waals surface area contributed by atoms with Crippen LogP contribution in [-0.2, 0) is 9.59 Å². The van der Waals surface area contributed by atoms with Crippen molar-refractivity contribution < 1.29 is 19.6 Å². The molecule has 26 heavy (non-hydrogen) atoms. The van der Waals surface area contributed by atoms with Gasteiger partial charge in [0.2, 0.25) is 11.8 Å². The van der Waals surface area contributed by atoms with Crippen LogP contribution in [0.1, 0.15) is 18.4 Å². The average molecular weight is 355 g/mol. The van der Waals surface area contributed by atoms with E-state index in [4.69, 9.17) is 0 Å². The van der Waals surface area contributed by atoms with Gasteiger partial charge in [-0.3, -0.25) is 19.7 Å². The third kappa shape index (κ3) is 5.71. The summed E-state index contributed by atoms with van der Waals surface area (Å²) >= 11 is 0. The maximum absolute atomic E-state index is 11.7. The highest BCUT2D eigenvalue weighted by atomic mass is 16.6. The number of non-ortho nitro benzene ring substituents is 1. The second-order valence-corrected chi connectivity index (χ2v) is 5.19. The Morgan fingerprint density at radius 3 is 2.46 bits per heavy atom. The van der Waals surface area contributed by atoms with E-state index in [9.17, 15) is 24.8 Å². The normalized spacial score (nSPS) is 10.5. The quantitative estimate of drug-likeness (QED) is 0.441. The van der Waals surface area contributed by atoms with Gasteiger partial charge in [0, 0.05) is 30.7 Å². The Morgan fingerprint density at radius 2 is 1.77 bits per heavy atom. The minimum Gasteiger partial charge on any atom is -0.872 e. The first-order valence-corrected chi connectivity index (χ1v) is 7.58. The molecule has 0 unspecified atom stereocenters. The van der Waals surface area contributed by atoms with Gasteiger partial charge in [-0.25, -0.2) is 5.43 Å². The van der Waals surface area contributed by atoms with Gasteiger partial charge in [-0.1, -0.05) is 30.0 Å². The summed E-state index contributed by atoms with van der Waals surface area (Å²) in [6.45, 7) is 0. The molecule has 0 heterocycles. The SMILES string of the molecule is O=C(CCC(=O)Nc1ccccc1)N/N=C\c1cc([N+](=O)[O-])ccc1[O-].